The van der Waals surface area contributed by atoms with Gasteiger partial charge in [0, 0.05) is 20.0 Å². The van der Waals surface area contributed by atoms with Crippen molar-refractivity contribution in [3.05, 3.63) is 24.4 Å². The van der Waals surface area contributed by atoms with Gasteiger partial charge in [0.2, 0.25) is 5.91 Å². The molecule has 0 aliphatic carbocycles. The second-order valence-electron chi connectivity index (χ2n) is 4.95. The van der Waals surface area contributed by atoms with Gasteiger partial charge in [-0.1, -0.05) is 0 Å². The fourth-order valence-electron chi connectivity index (χ4n) is 2.61. The Labute approximate surface area is 117 Å². The van der Waals surface area contributed by atoms with E-state index in [-0.39, 0.29) is 7.33 Å². The third-order valence-electron chi connectivity index (χ3n) is 3.66. The molecule has 1 aromatic carbocycles. The largest absolute Gasteiger partial charge is 0.423 e. The number of carbonyl (C=O) groups excluding carboxylic acids is 1. The predicted molar refractivity (Wildman–Crippen MR) is 77.8 cm³/mol. The van der Waals surface area contributed by atoms with E-state index in [1.807, 2.05) is 18.2 Å². The highest BCUT2D eigenvalue weighted by atomic mass is 16.4. The molecule has 0 saturated carbocycles. The Kier molecular flexibility index (Phi) is 2.42. The third kappa shape index (κ3) is 1.72. The van der Waals surface area contributed by atoms with Crippen LogP contribution in [0.3, 0.4) is 0 Å². The van der Waals surface area contributed by atoms with Crippen LogP contribution >= 0.6 is 0 Å². The number of nitrogens with one attached hydrogen (secondary N) is 2. The highest BCUT2D eigenvalue weighted by Crippen LogP contribution is 2.33. The van der Waals surface area contributed by atoms with Crippen molar-refractivity contribution in [3.8, 4) is 11.3 Å². The van der Waals surface area contributed by atoms with Crippen LogP contribution in [0.2, 0.25) is 0 Å². The number of nitrogens with zero attached hydrogens (tertiary/aromatic N) is 2. The number of fused-ring (bicyclic) bond motifs is 1. The Morgan fingerprint density at radius 1 is 1.30 bits per heavy atom. The minimum Gasteiger partial charge on any atom is -0.423 e. The number of anilines is 3. The number of oxazole rings is 1. The predicted octanol–water partition coefficient (Wildman–Crippen LogP) is 2.51. The molecule has 2 N–H and O–H groups in total. The molecule has 0 bridgehead atoms. The number of hydrogen-bond donors (Lipinski definition) is 2. The van der Waals surface area contributed by atoms with E-state index in [1.54, 1.807) is 11.1 Å². The monoisotopic (exact) mass is 272 g/mol. The average molecular weight is 272 g/mol. The second kappa shape index (κ2) is 4.26. The molecule has 1 aromatic heterocycles. The number of amides is 1. The van der Waals surface area contributed by atoms with Gasteiger partial charge in [0.25, 0.3) is 0 Å². The summed E-state index contributed by atoms with van der Waals surface area (Å²) in [5.74, 6) is 0.759. The molecule has 0 radical (unpaired) electrons. The summed E-state index contributed by atoms with van der Waals surface area (Å²) in [5, 5.41) is 6.47. The first-order chi connectivity index (χ1) is 9.81. The minimum absolute atomic E-state index is 0. The summed E-state index contributed by atoms with van der Waals surface area (Å²) in [7, 11) is 0. The number of rotatable bonds is 2. The lowest BCUT2D eigenvalue weighted by Gasteiger charge is -2.09. The number of hydrogen-bond acceptors (Lipinski definition) is 5. The molecule has 6 nitrogen and oxygen atoms in total. The number of carbonyl (C=O) groups is 1. The minimum atomic E-state index is 0. The molecule has 1 saturated heterocycles. The van der Waals surface area contributed by atoms with Crippen molar-refractivity contribution in [2.45, 2.75) is 12.8 Å². The molecule has 0 unspecified atom stereocenters. The molecule has 20 heavy (non-hydrogen) atoms. The second-order valence-corrected chi connectivity index (χ2v) is 4.95. The molecular formula is C14H16N4O2. The maximum absolute atomic E-state index is 11.7. The molecule has 1 amide bonds. The summed E-state index contributed by atoms with van der Waals surface area (Å²) < 4.78 is 5.73. The van der Waals surface area contributed by atoms with Crippen LogP contribution in [0.25, 0.3) is 11.3 Å². The van der Waals surface area contributed by atoms with E-state index in [0.29, 0.717) is 24.7 Å². The van der Waals surface area contributed by atoms with Crippen LogP contribution in [0.5, 0.6) is 0 Å². The fraction of sp³-hybridized carbons (Fsp3) is 0.286. The highest BCUT2D eigenvalue weighted by Gasteiger charge is 2.26. The lowest BCUT2D eigenvalue weighted by molar-refractivity contribution is -0.117. The normalized spacial score (nSPS) is 17.0. The van der Waals surface area contributed by atoms with Crippen LogP contribution in [0.1, 0.15) is 14.3 Å². The molecule has 0 spiro atoms. The standard InChI is InChI=1S/C14H14N4O2.H2/c19-13-2-1-5-18(13)14-15-7-12(20-14)9-3-4-10-11(6-9)17-8-16-10;/h3-4,6-7,16-17H,1-2,5,8H2;1H. The molecule has 6 heteroatoms. The van der Waals surface area contributed by atoms with Crippen molar-refractivity contribution >= 4 is 23.3 Å². The molecular weight excluding hydrogens is 256 g/mol. The van der Waals surface area contributed by atoms with Gasteiger partial charge in [-0.25, -0.2) is 4.98 Å². The zero-order valence-electron chi connectivity index (χ0n) is 10.8. The summed E-state index contributed by atoms with van der Waals surface area (Å²) in [6, 6.07) is 6.41. The maximum atomic E-state index is 11.7. The summed E-state index contributed by atoms with van der Waals surface area (Å²) in [4.78, 5) is 17.5. The van der Waals surface area contributed by atoms with Crippen LogP contribution < -0.4 is 15.5 Å². The van der Waals surface area contributed by atoms with Gasteiger partial charge in [-0.05, 0) is 24.6 Å². The topological polar surface area (TPSA) is 70.4 Å². The molecule has 4 rings (SSSR count). The van der Waals surface area contributed by atoms with Gasteiger partial charge in [0.15, 0.2) is 5.76 Å². The summed E-state index contributed by atoms with van der Waals surface area (Å²) in [6.07, 6.45) is 3.11. The van der Waals surface area contributed by atoms with Crippen LogP contribution in [-0.2, 0) is 4.79 Å². The molecule has 2 aliphatic heterocycles. The van der Waals surface area contributed by atoms with Crippen molar-refractivity contribution in [3.63, 3.8) is 0 Å². The quantitative estimate of drug-likeness (QED) is 0.879. The zero-order chi connectivity index (χ0) is 13.5. The Balaban J connectivity index is 0.00000132. The average Bonchev–Trinajstić information content (AvgIpc) is 3.17. The highest BCUT2D eigenvalue weighted by molar-refractivity contribution is 5.93. The first-order valence-electron chi connectivity index (χ1n) is 6.69. The van der Waals surface area contributed by atoms with Crippen molar-refractivity contribution in [1.29, 1.82) is 0 Å². The first-order valence-corrected chi connectivity index (χ1v) is 6.69. The van der Waals surface area contributed by atoms with E-state index in [9.17, 15) is 4.79 Å². The van der Waals surface area contributed by atoms with E-state index < -0.39 is 0 Å². The van der Waals surface area contributed by atoms with Crippen LogP contribution in [0.4, 0.5) is 17.4 Å². The van der Waals surface area contributed by atoms with E-state index in [0.717, 1.165) is 30.0 Å². The number of aromatic nitrogens is 1. The first kappa shape index (κ1) is 11.3. The molecule has 2 aromatic rings. The van der Waals surface area contributed by atoms with E-state index >= 15 is 0 Å². The van der Waals surface area contributed by atoms with Crippen LogP contribution in [-0.4, -0.2) is 24.1 Å². The van der Waals surface area contributed by atoms with Gasteiger partial charge >= 0.3 is 6.01 Å². The molecule has 104 valence electrons. The molecule has 3 heterocycles. The van der Waals surface area contributed by atoms with Crippen LogP contribution in [0.15, 0.2) is 28.8 Å². The Morgan fingerprint density at radius 2 is 2.20 bits per heavy atom. The van der Waals surface area contributed by atoms with E-state index in [1.165, 1.54) is 0 Å². The van der Waals surface area contributed by atoms with Crippen molar-refractivity contribution in [2.24, 2.45) is 0 Å². The van der Waals surface area contributed by atoms with E-state index in [2.05, 4.69) is 15.6 Å². The molecule has 1 fully saturated rings. The Morgan fingerprint density at radius 3 is 3.05 bits per heavy atom. The maximum Gasteiger partial charge on any atom is 0.304 e. The van der Waals surface area contributed by atoms with Gasteiger partial charge in [-0.2, -0.15) is 0 Å². The van der Waals surface area contributed by atoms with Crippen molar-refractivity contribution < 1.29 is 10.6 Å². The summed E-state index contributed by atoms with van der Waals surface area (Å²) in [5.41, 5.74) is 3.09. The van der Waals surface area contributed by atoms with Gasteiger partial charge in [0.1, 0.15) is 0 Å². The summed E-state index contributed by atoms with van der Waals surface area (Å²) in [6.45, 7) is 1.43. The Hall–Kier alpha value is -2.50. The lowest BCUT2D eigenvalue weighted by atomic mass is 10.1. The smallest absolute Gasteiger partial charge is 0.304 e. The lowest BCUT2D eigenvalue weighted by Crippen LogP contribution is -2.23. The number of benzene rings is 1. The van der Waals surface area contributed by atoms with Crippen LogP contribution in [0, 0.1) is 0 Å². The van der Waals surface area contributed by atoms with Crippen molar-refractivity contribution in [2.75, 3.05) is 28.7 Å². The summed E-state index contributed by atoms with van der Waals surface area (Å²) >= 11 is 0. The Bertz CT molecular complexity index is 685. The molecule has 0 atom stereocenters. The SMILES string of the molecule is O=C1CCCN1c1ncc(-c2ccc3c(c2)NCN3)o1.[HH]. The van der Waals surface area contributed by atoms with Crippen molar-refractivity contribution in [1.82, 2.24) is 4.98 Å². The van der Waals surface area contributed by atoms with Gasteiger partial charge in [0.05, 0.1) is 24.2 Å². The van der Waals surface area contributed by atoms with E-state index in [4.69, 9.17) is 4.42 Å². The third-order valence-corrected chi connectivity index (χ3v) is 3.66. The van der Waals surface area contributed by atoms with Gasteiger partial charge < -0.3 is 15.1 Å². The zero-order valence-corrected chi connectivity index (χ0v) is 10.8. The molecule has 2 aliphatic rings. The van der Waals surface area contributed by atoms with Gasteiger partial charge in [-0.3, -0.25) is 9.69 Å². The fourth-order valence-corrected chi connectivity index (χ4v) is 2.61. The van der Waals surface area contributed by atoms with Gasteiger partial charge in [-0.15, -0.1) is 0 Å².